The fraction of sp³-hybridized carbons (Fsp3) is 0.538. The standard InChI is InChI=1S/C13H15F4N/c14-11-4-3-9(13(15,16)17)7-10(11)12(8-18)5-1-2-6-12/h3-4,7H,1-2,5-6,8,18H2. The molecule has 0 unspecified atom stereocenters. The van der Waals surface area contributed by atoms with Crippen LogP contribution in [0, 0.1) is 5.82 Å². The first-order valence-corrected chi connectivity index (χ1v) is 5.96. The highest BCUT2D eigenvalue weighted by Gasteiger charge is 2.39. The van der Waals surface area contributed by atoms with Gasteiger partial charge in [-0.25, -0.2) is 4.39 Å². The van der Waals surface area contributed by atoms with Gasteiger partial charge in [0, 0.05) is 12.0 Å². The van der Waals surface area contributed by atoms with Crippen molar-refractivity contribution in [2.45, 2.75) is 37.3 Å². The lowest BCUT2D eigenvalue weighted by Crippen LogP contribution is -2.33. The quantitative estimate of drug-likeness (QED) is 0.808. The SMILES string of the molecule is NCC1(c2cc(C(F)(F)F)ccc2F)CCCC1. The van der Waals surface area contributed by atoms with Gasteiger partial charge < -0.3 is 5.73 Å². The molecule has 1 aliphatic rings. The van der Waals surface area contributed by atoms with Crippen molar-refractivity contribution in [2.75, 3.05) is 6.54 Å². The summed E-state index contributed by atoms with van der Waals surface area (Å²) in [6.07, 6.45) is -1.37. The fourth-order valence-electron chi connectivity index (χ4n) is 2.74. The largest absolute Gasteiger partial charge is 0.416 e. The summed E-state index contributed by atoms with van der Waals surface area (Å²) in [5.74, 6) is -0.588. The summed E-state index contributed by atoms with van der Waals surface area (Å²) >= 11 is 0. The Bertz CT molecular complexity index is 433. The van der Waals surface area contributed by atoms with Crippen molar-refractivity contribution in [2.24, 2.45) is 5.73 Å². The number of halogens is 4. The molecule has 0 aliphatic heterocycles. The molecular formula is C13H15F4N. The van der Waals surface area contributed by atoms with Gasteiger partial charge in [-0.2, -0.15) is 13.2 Å². The summed E-state index contributed by atoms with van der Waals surface area (Å²) in [7, 11) is 0. The fourth-order valence-corrected chi connectivity index (χ4v) is 2.74. The monoisotopic (exact) mass is 261 g/mol. The summed E-state index contributed by atoms with van der Waals surface area (Å²) in [5, 5.41) is 0. The van der Waals surface area contributed by atoms with Crippen molar-refractivity contribution >= 4 is 0 Å². The average Bonchev–Trinajstić information content (AvgIpc) is 2.77. The van der Waals surface area contributed by atoms with Crippen LogP contribution in [-0.2, 0) is 11.6 Å². The molecule has 1 saturated carbocycles. The van der Waals surface area contributed by atoms with E-state index in [1.807, 2.05) is 0 Å². The van der Waals surface area contributed by atoms with Gasteiger partial charge in [0.2, 0.25) is 0 Å². The Labute approximate surface area is 103 Å². The Morgan fingerprint density at radius 2 is 1.78 bits per heavy atom. The molecule has 0 atom stereocenters. The highest BCUT2D eigenvalue weighted by atomic mass is 19.4. The highest BCUT2D eigenvalue weighted by molar-refractivity contribution is 5.34. The third-order valence-corrected chi connectivity index (χ3v) is 3.82. The van der Waals surface area contributed by atoms with E-state index in [1.165, 1.54) is 0 Å². The van der Waals surface area contributed by atoms with Crippen molar-refractivity contribution in [1.29, 1.82) is 0 Å². The first-order chi connectivity index (χ1) is 8.39. The van der Waals surface area contributed by atoms with Gasteiger partial charge in [0.25, 0.3) is 0 Å². The molecule has 2 rings (SSSR count). The predicted molar refractivity (Wildman–Crippen MR) is 60.6 cm³/mol. The molecular weight excluding hydrogens is 246 g/mol. The first-order valence-electron chi connectivity index (χ1n) is 5.96. The van der Waals surface area contributed by atoms with E-state index < -0.39 is 23.0 Å². The van der Waals surface area contributed by atoms with Crippen molar-refractivity contribution in [3.05, 3.63) is 35.1 Å². The van der Waals surface area contributed by atoms with Gasteiger partial charge >= 0.3 is 6.18 Å². The van der Waals surface area contributed by atoms with Gasteiger partial charge in [-0.1, -0.05) is 12.8 Å². The maximum absolute atomic E-state index is 13.8. The van der Waals surface area contributed by atoms with E-state index in [0.717, 1.165) is 31.0 Å². The van der Waals surface area contributed by atoms with Crippen LogP contribution in [0.5, 0.6) is 0 Å². The number of rotatable bonds is 2. The maximum Gasteiger partial charge on any atom is 0.416 e. The molecule has 0 radical (unpaired) electrons. The second-order valence-corrected chi connectivity index (χ2v) is 4.88. The number of benzene rings is 1. The Morgan fingerprint density at radius 1 is 1.17 bits per heavy atom. The van der Waals surface area contributed by atoms with Crippen molar-refractivity contribution in [3.63, 3.8) is 0 Å². The third kappa shape index (κ3) is 2.23. The van der Waals surface area contributed by atoms with Crippen molar-refractivity contribution < 1.29 is 17.6 Å². The van der Waals surface area contributed by atoms with E-state index in [9.17, 15) is 17.6 Å². The van der Waals surface area contributed by atoms with E-state index >= 15 is 0 Å². The van der Waals surface area contributed by atoms with Crippen molar-refractivity contribution in [1.82, 2.24) is 0 Å². The molecule has 0 amide bonds. The third-order valence-electron chi connectivity index (χ3n) is 3.82. The average molecular weight is 261 g/mol. The molecule has 0 saturated heterocycles. The zero-order chi connectivity index (χ0) is 13.4. The summed E-state index contributed by atoms with van der Waals surface area (Å²) < 4.78 is 51.8. The number of alkyl halides is 3. The Balaban J connectivity index is 2.49. The van der Waals surface area contributed by atoms with Crippen LogP contribution in [0.25, 0.3) is 0 Å². The summed E-state index contributed by atoms with van der Waals surface area (Å²) in [6, 6.07) is 2.60. The minimum absolute atomic E-state index is 0.123. The maximum atomic E-state index is 13.8. The molecule has 0 spiro atoms. The Hall–Kier alpha value is -1.10. The molecule has 100 valence electrons. The lowest BCUT2D eigenvalue weighted by atomic mass is 9.78. The molecule has 1 nitrogen and oxygen atoms in total. The molecule has 0 heterocycles. The number of hydrogen-bond donors (Lipinski definition) is 1. The summed E-state index contributed by atoms with van der Waals surface area (Å²) in [4.78, 5) is 0. The van der Waals surface area contributed by atoms with Crippen LogP contribution >= 0.6 is 0 Å². The number of hydrogen-bond acceptors (Lipinski definition) is 1. The minimum Gasteiger partial charge on any atom is -0.330 e. The zero-order valence-corrected chi connectivity index (χ0v) is 9.86. The zero-order valence-electron chi connectivity index (χ0n) is 9.86. The van der Waals surface area contributed by atoms with Crippen molar-refractivity contribution in [3.8, 4) is 0 Å². The predicted octanol–water partition coefficient (Wildman–Crippen LogP) is 3.62. The van der Waals surface area contributed by atoms with E-state index in [0.29, 0.717) is 12.8 Å². The van der Waals surface area contributed by atoms with Gasteiger partial charge in [0.15, 0.2) is 0 Å². The van der Waals surface area contributed by atoms with Gasteiger partial charge in [0.05, 0.1) is 5.56 Å². The Morgan fingerprint density at radius 3 is 2.28 bits per heavy atom. The summed E-state index contributed by atoms with van der Waals surface area (Å²) in [5.41, 5.74) is 4.38. The van der Waals surface area contributed by atoms with Crippen LogP contribution in [0.1, 0.15) is 36.8 Å². The molecule has 0 bridgehead atoms. The van der Waals surface area contributed by atoms with Crippen LogP contribution in [0.2, 0.25) is 0 Å². The first kappa shape index (κ1) is 13.3. The molecule has 1 aromatic rings. The molecule has 1 aliphatic carbocycles. The Kier molecular flexibility index (Phi) is 3.36. The van der Waals surface area contributed by atoms with Gasteiger partial charge in [-0.15, -0.1) is 0 Å². The number of nitrogens with two attached hydrogens (primary N) is 1. The second-order valence-electron chi connectivity index (χ2n) is 4.88. The molecule has 5 heteroatoms. The molecule has 18 heavy (non-hydrogen) atoms. The lowest BCUT2D eigenvalue weighted by molar-refractivity contribution is -0.137. The minimum atomic E-state index is -4.45. The van der Waals surface area contributed by atoms with Gasteiger partial charge in [-0.05, 0) is 36.6 Å². The van der Waals surface area contributed by atoms with E-state index in [-0.39, 0.29) is 12.1 Å². The molecule has 0 aromatic heterocycles. The van der Waals surface area contributed by atoms with E-state index in [4.69, 9.17) is 5.73 Å². The molecule has 1 aromatic carbocycles. The van der Waals surface area contributed by atoms with Crippen LogP contribution in [0.4, 0.5) is 17.6 Å². The molecule has 2 N–H and O–H groups in total. The van der Waals surface area contributed by atoms with Crippen LogP contribution in [0.3, 0.4) is 0 Å². The van der Waals surface area contributed by atoms with E-state index in [1.54, 1.807) is 0 Å². The topological polar surface area (TPSA) is 26.0 Å². The lowest BCUT2D eigenvalue weighted by Gasteiger charge is -2.29. The van der Waals surface area contributed by atoms with Crippen LogP contribution in [0.15, 0.2) is 18.2 Å². The van der Waals surface area contributed by atoms with Gasteiger partial charge in [-0.3, -0.25) is 0 Å². The summed E-state index contributed by atoms with van der Waals surface area (Å²) in [6.45, 7) is 0.186. The second kappa shape index (κ2) is 4.53. The normalized spacial score (nSPS) is 19.2. The van der Waals surface area contributed by atoms with Crippen LogP contribution in [-0.4, -0.2) is 6.54 Å². The van der Waals surface area contributed by atoms with Crippen LogP contribution < -0.4 is 5.73 Å². The molecule has 1 fully saturated rings. The van der Waals surface area contributed by atoms with Gasteiger partial charge in [0.1, 0.15) is 5.82 Å². The highest BCUT2D eigenvalue weighted by Crippen LogP contribution is 2.43. The van der Waals surface area contributed by atoms with E-state index in [2.05, 4.69) is 0 Å². The smallest absolute Gasteiger partial charge is 0.330 e.